The second kappa shape index (κ2) is 15.6. The van der Waals surface area contributed by atoms with Crippen molar-refractivity contribution in [3.8, 4) is 67.8 Å². The van der Waals surface area contributed by atoms with Gasteiger partial charge in [0.15, 0.2) is 17.5 Å². The second-order valence-electron chi connectivity index (χ2n) is 17.6. The van der Waals surface area contributed by atoms with Crippen LogP contribution in [-0.2, 0) is 0 Å². The first-order valence-corrected chi connectivity index (χ1v) is 23.3. The number of furan rings is 1. The molecule has 0 aliphatic carbocycles. The minimum absolute atomic E-state index is 0.589. The molecule has 6 nitrogen and oxygen atoms in total. The minimum Gasteiger partial charge on any atom is -0.456 e. The van der Waals surface area contributed by atoms with Crippen LogP contribution >= 0.6 is 0 Å². The maximum Gasteiger partial charge on any atom is 0.164 e. The zero-order chi connectivity index (χ0) is 45.4. The molecule has 0 aliphatic rings. The fraction of sp³-hybridized carbons (Fsp3) is 0. The van der Waals surface area contributed by atoms with Gasteiger partial charge in [-0.2, -0.15) is 0 Å². The molecule has 4 aromatic heterocycles. The summed E-state index contributed by atoms with van der Waals surface area (Å²) in [6.07, 6.45) is 0. The minimum atomic E-state index is 0.589. The van der Waals surface area contributed by atoms with Gasteiger partial charge in [-0.3, -0.25) is 0 Å². The third-order valence-electron chi connectivity index (χ3n) is 13.6. The molecule has 0 spiro atoms. The topological polar surface area (TPSA) is 61.7 Å². The van der Waals surface area contributed by atoms with Crippen LogP contribution in [0.2, 0.25) is 0 Å². The first-order chi connectivity index (χ1) is 34.2. The van der Waals surface area contributed by atoms with E-state index in [1.807, 2.05) is 36.4 Å². The molecule has 0 N–H and O–H groups in total. The van der Waals surface area contributed by atoms with Crippen molar-refractivity contribution < 1.29 is 4.42 Å². The Bertz CT molecular complexity index is 4280. The van der Waals surface area contributed by atoms with Crippen LogP contribution < -0.4 is 0 Å². The first kappa shape index (κ1) is 38.8. The normalized spacial score (nSPS) is 11.8. The Labute approximate surface area is 396 Å². The van der Waals surface area contributed by atoms with E-state index in [1.165, 1.54) is 27.4 Å². The molecule has 69 heavy (non-hydrogen) atoms. The quantitative estimate of drug-likeness (QED) is 0.160. The number of fused-ring (bicyclic) bond motifs is 9. The van der Waals surface area contributed by atoms with Crippen LogP contribution in [0.5, 0.6) is 0 Å². The van der Waals surface area contributed by atoms with E-state index in [4.69, 9.17) is 19.4 Å². The lowest BCUT2D eigenvalue weighted by Gasteiger charge is -2.14. The molecule has 14 aromatic rings. The van der Waals surface area contributed by atoms with Crippen molar-refractivity contribution in [2.24, 2.45) is 0 Å². The maximum atomic E-state index is 6.23. The Balaban J connectivity index is 0.932. The van der Waals surface area contributed by atoms with E-state index < -0.39 is 0 Å². The Hall–Kier alpha value is -9.39. The third kappa shape index (κ3) is 6.38. The highest BCUT2D eigenvalue weighted by atomic mass is 16.3. The van der Waals surface area contributed by atoms with Crippen LogP contribution in [0.1, 0.15) is 0 Å². The van der Waals surface area contributed by atoms with Crippen molar-refractivity contribution in [1.82, 2.24) is 24.1 Å². The van der Waals surface area contributed by atoms with Crippen LogP contribution in [0.3, 0.4) is 0 Å². The monoisotopic (exact) mass is 881 g/mol. The van der Waals surface area contributed by atoms with Crippen molar-refractivity contribution in [3.05, 3.63) is 237 Å². The van der Waals surface area contributed by atoms with E-state index in [0.29, 0.717) is 17.5 Å². The Kier molecular flexibility index (Phi) is 8.79. The molecule has 0 unspecified atom stereocenters. The highest BCUT2D eigenvalue weighted by Gasteiger charge is 2.21. The summed E-state index contributed by atoms with van der Waals surface area (Å²) in [4.78, 5) is 15.7. The lowest BCUT2D eigenvalue weighted by molar-refractivity contribution is 0.669. The molecule has 0 bridgehead atoms. The number of para-hydroxylation sites is 5. The summed E-state index contributed by atoms with van der Waals surface area (Å²) in [7, 11) is 0. The number of hydrogen-bond acceptors (Lipinski definition) is 4. The zero-order valence-corrected chi connectivity index (χ0v) is 37.2. The molecule has 322 valence electrons. The van der Waals surface area contributed by atoms with Gasteiger partial charge in [0.25, 0.3) is 0 Å². The van der Waals surface area contributed by atoms with Crippen molar-refractivity contribution >= 4 is 65.6 Å². The van der Waals surface area contributed by atoms with E-state index >= 15 is 0 Å². The maximum absolute atomic E-state index is 6.23. The predicted octanol–water partition coefficient (Wildman–Crippen LogP) is 16.3. The molecule has 0 fully saturated rings. The van der Waals surface area contributed by atoms with E-state index in [-0.39, 0.29) is 0 Å². The smallest absolute Gasteiger partial charge is 0.164 e. The summed E-state index contributed by atoms with van der Waals surface area (Å²) >= 11 is 0. The van der Waals surface area contributed by atoms with Crippen molar-refractivity contribution in [3.63, 3.8) is 0 Å². The van der Waals surface area contributed by atoms with Gasteiger partial charge in [-0.1, -0.05) is 164 Å². The number of rotatable bonds is 7. The highest BCUT2D eigenvalue weighted by Crippen LogP contribution is 2.41. The Morgan fingerprint density at radius 2 is 0.725 bits per heavy atom. The molecular weight excluding hydrogens is 843 g/mol. The molecule has 0 amide bonds. The molecule has 6 heteroatoms. The van der Waals surface area contributed by atoms with Crippen LogP contribution in [0, 0.1) is 0 Å². The summed E-state index contributed by atoms with van der Waals surface area (Å²) in [5.74, 6) is 1.78. The van der Waals surface area contributed by atoms with Crippen LogP contribution in [-0.4, -0.2) is 24.1 Å². The van der Waals surface area contributed by atoms with Crippen molar-refractivity contribution in [2.75, 3.05) is 0 Å². The fourth-order valence-electron chi connectivity index (χ4n) is 10.3. The molecule has 0 atom stereocenters. The molecule has 0 saturated heterocycles. The number of benzene rings is 10. The van der Waals surface area contributed by atoms with Crippen LogP contribution in [0.4, 0.5) is 0 Å². The van der Waals surface area contributed by atoms with E-state index in [1.54, 1.807) is 0 Å². The summed E-state index contributed by atoms with van der Waals surface area (Å²) in [5.41, 5.74) is 15.8. The van der Waals surface area contributed by atoms with Gasteiger partial charge >= 0.3 is 0 Å². The van der Waals surface area contributed by atoms with E-state index in [2.05, 4.69) is 209 Å². The first-order valence-electron chi connectivity index (χ1n) is 23.3. The van der Waals surface area contributed by atoms with E-state index in [0.717, 1.165) is 88.5 Å². The summed E-state index contributed by atoms with van der Waals surface area (Å²) in [6.45, 7) is 0. The van der Waals surface area contributed by atoms with Crippen molar-refractivity contribution in [2.45, 2.75) is 0 Å². The number of hydrogen-bond donors (Lipinski definition) is 0. The van der Waals surface area contributed by atoms with Gasteiger partial charge < -0.3 is 13.6 Å². The van der Waals surface area contributed by atoms with Gasteiger partial charge in [0.05, 0.1) is 27.8 Å². The summed E-state index contributed by atoms with van der Waals surface area (Å²) < 4.78 is 11.0. The van der Waals surface area contributed by atoms with Crippen LogP contribution in [0.15, 0.2) is 241 Å². The average molecular weight is 882 g/mol. The Morgan fingerprint density at radius 1 is 0.275 bits per heavy atom. The van der Waals surface area contributed by atoms with Gasteiger partial charge in [0.2, 0.25) is 0 Å². The van der Waals surface area contributed by atoms with Gasteiger partial charge in [0, 0.05) is 54.7 Å². The third-order valence-corrected chi connectivity index (χ3v) is 13.6. The standard InChI is InChI=1S/C63H39N5O/c1-3-14-40(15-4-1)41-26-28-42(29-27-41)43-30-32-44(33-31-43)61-64-62(66-63(65-61)46-35-37-59-53(39-46)50-20-9-12-25-58(50)69-59)45-34-36-56-52(38-45)49-19-8-11-23-55(49)68(56)57-24-13-21-51-48-18-7-10-22-54(48)67(60(51)57)47-16-5-2-6-17-47/h1-39H. The van der Waals surface area contributed by atoms with Gasteiger partial charge in [-0.05, 0) is 95.1 Å². The molecule has 4 heterocycles. The molecular formula is C63H39N5O. The van der Waals surface area contributed by atoms with Crippen LogP contribution in [0.25, 0.3) is 133 Å². The van der Waals surface area contributed by atoms with Gasteiger partial charge in [-0.25, -0.2) is 15.0 Å². The largest absolute Gasteiger partial charge is 0.456 e. The lowest BCUT2D eigenvalue weighted by atomic mass is 9.99. The summed E-state index contributed by atoms with van der Waals surface area (Å²) in [6, 6.07) is 83.4. The molecule has 0 aliphatic heterocycles. The Morgan fingerprint density at radius 3 is 1.41 bits per heavy atom. The SMILES string of the molecule is c1ccc(-c2ccc(-c3ccc(-c4nc(-c5ccc6oc7ccccc7c6c5)nc(-c5ccc6c(c5)c5ccccc5n6-c5cccc6c7ccccc7n(-c7ccccc7)c56)n4)cc3)cc2)cc1. The fourth-order valence-corrected chi connectivity index (χ4v) is 10.3. The lowest BCUT2D eigenvalue weighted by Crippen LogP contribution is -2.01. The molecule has 10 aromatic carbocycles. The summed E-state index contributed by atoms with van der Waals surface area (Å²) in [5, 5.41) is 6.75. The zero-order valence-electron chi connectivity index (χ0n) is 37.2. The average Bonchev–Trinajstić information content (AvgIpc) is 4.09. The van der Waals surface area contributed by atoms with Crippen molar-refractivity contribution in [1.29, 1.82) is 0 Å². The van der Waals surface area contributed by atoms with Gasteiger partial charge in [-0.15, -0.1) is 0 Å². The molecule has 0 saturated carbocycles. The van der Waals surface area contributed by atoms with Gasteiger partial charge in [0.1, 0.15) is 11.2 Å². The second-order valence-corrected chi connectivity index (χ2v) is 17.6. The number of nitrogens with zero attached hydrogens (tertiary/aromatic N) is 5. The molecule has 0 radical (unpaired) electrons. The number of aromatic nitrogens is 5. The highest BCUT2D eigenvalue weighted by molar-refractivity contribution is 6.15. The molecule has 14 rings (SSSR count). The predicted molar refractivity (Wildman–Crippen MR) is 283 cm³/mol. The van der Waals surface area contributed by atoms with E-state index in [9.17, 15) is 0 Å².